The number of amides is 1. The molecule has 0 atom stereocenters. The molecule has 1 aromatic rings. The molecule has 1 aliphatic carbocycles. The van der Waals surface area contributed by atoms with Crippen LogP contribution in [0, 0.1) is 0 Å². The van der Waals surface area contributed by atoms with Crippen molar-refractivity contribution in [2.75, 3.05) is 33.2 Å². The lowest BCUT2D eigenvalue weighted by atomic mass is 10.0. The van der Waals surface area contributed by atoms with Crippen LogP contribution in [0.1, 0.15) is 29.9 Å². The number of hydrogen-bond acceptors (Lipinski definition) is 4. The van der Waals surface area contributed by atoms with E-state index in [4.69, 9.17) is 0 Å². The number of allylic oxidation sites excluding steroid dienone is 1. The number of nitrogens with zero attached hydrogens (tertiary/aromatic N) is 3. The van der Waals surface area contributed by atoms with Crippen LogP contribution < -0.4 is 5.56 Å². The van der Waals surface area contributed by atoms with Gasteiger partial charge in [0.05, 0.1) is 5.69 Å². The van der Waals surface area contributed by atoms with E-state index in [0.29, 0.717) is 18.7 Å². The van der Waals surface area contributed by atoms with E-state index in [-0.39, 0.29) is 11.5 Å². The zero-order valence-corrected chi connectivity index (χ0v) is 13.0. The molecule has 2 heterocycles. The van der Waals surface area contributed by atoms with E-state index in [9.17, 15) is 9.59 Å². The van der Waals surface area contributed by atoms with Crippen molar-refractivity contribution in [3.05, 3.63) is 33.5 Å². The van der Waals surface area contributed by atoms with E-state index < -0.39 is 0 Å². The Balaban J connectivity index is 1.62. The molecule has 3 rings (SSSR count). The predicted molar refractivity (Wildman–Crippen MR) is 84.6 cm³/mol. The molecule has 1 aliphatic heterocycles. The molecule has 1 N–H and O–H groups in total. The zero-order chi connectivity index (χ0) is 15.5. The highest BCUT2D eigenvalue weighted by Crippen LogP contribution is 2.13. The minimum atomic E-state index is -0.0589. The fraction of sp³-hybridized carbons (Fsp3) is 0.562. The van der Waals surface area contributed by atoms with Gasteiger partial charge in [-0.3, -0.25) is 9.59 Å². The van der Waals surface area contributed by atoms with Gasteiger partial charge in [-0.1, -0.05) is 6.08 Å². The molecular weight excluding hydrogens is 280 g/mol. The predicted octanol–water partition coefficient (Wildman–Crippen LogP) is 0.436. The maximum absolute atomic E-state index is 12.2. The first-order valence-electron chi connectivity index (χ1n) is 7.88. The van der Waals surface area contributed by atoms with Crippen molar-refractivity contribution in [2.24, 2.45) is 0 Å². The lowest BCUT2D eigenvalue weighted by Gasteiger charge is -2.32. The Bertz CT molecular complexity index is 642. The number of aromatic nitrogens is 2. The topological polar surface area (TPSA) is 69.3 Å². The minimum absolute atomic E-state index is 0.0589. The van der Waals surface area contributed by atoms with Crippen LogP contribution in [0.2, 0.25) is 0 Å². The summed E-state index contributed by atoms with van der Waals surface area (Å²) in [5.41, 5.74) is 1.46. The summed E-state index contributed by atoms with van der Waals surface area (Å²) in [6.07, 6.45) is 6.46. The lowest BCUT2D eigenvalue weighted by molar-refractivity contribution is -0.132. The molecule has 0 spiro atoms. The van der Waals surface area contributed by atoms with E-state index in [1.54, 1.807) is 0 Å². The van der Waals surface area contributed by atoms with Gasteiger partial charge in [0.2, 0.25) is 5.91 Å². The maximum Gasteiger partial charge on any atom is 0.254 e. The van der Waals surface area contributed by atoms with Crippen molar-refractivity contribution in [3.63, 3.8) is 0 Å². The van der Waals surface area contributed by atoms with Crippen molar-refractivity contribution in [1.29, 1.82) is 0 Å². The molecule has 6 nitrogen and oxygen atoms in total. The number of H-pyrrole nitrogens is 1. The van der Waals surface area contributed by atoms with Crippen LogP contribution in [0.15, 0.2) is 10.9 Å². The fourth-order valence-electron chi connectivity index (χ4n) is 2.92. The van der Waals surface area contributed by atoms with Crippen LogP contribution in [-0.4, -0.2) is 58.9 Å². The van der Waals surface area contributed by atoms with Gasteiger partial charge in [0, 0.05) is 44.6 Å². The quantitative estimate of drug-likeness (QED) is 0.879. The third-order valence-corrected chi connectivity index (χ3v) is 4.36. The van der Waals surface area contributed by atoms with Crippen LogP contribution in [0.5, 0.6) is 0 Å². The van der Waals surface area contributed by atoms with Gasteiger partial charge in [0.15, 0.2) is 0 Å². The Labute approximate surface area is 129 Å². The average molecular weight is 302 g/mol. The van der Waals surface area contributed by atoms with Gasteiger partial charge in [-0.05, 0) is 26.0 Å². The maximum atomic E-state index is 12.2. The summed E-state index contributed by atoms with van der Waals surface area (Å²) in [5.74, 6) is 0.752. The number of carbonyl (C=O) groups excluding carboxylic acids is 1. The van der Waals surface area contributed by atoms with Crippen LogP contribution in [-0.2, 0) is 17.6 Å². The summed E-state index contributed by atoms with van der Waals surface area (Å²) >= 11 is 0. The van der Waals surface area contributed by atoms with E-state index >= 15 is 0 Å². The first-order valence-corrected chi connectivity index (χ1v) is 7.88. The Morgan fingerprint density at radius 3 is 2.86 bits per heavy atom. The average Bonchev–Trinajstić information content (AvgIpc) is 2.53. The highest BCUT2D eigenvalue weighted by Gasteiger charge is 2.19. The number of likely N-dealkylation sites (N-methyl/N-ethyl adjacent to an activating group) is 1. The van der Waals surface area contributed by atoms with E-state index in [1.807, 2.05) is 17.1 Å². The molecule has 1 fully saturated rings. The van der Waals surface area contributed by atoms with Gasteiger partial charge >= 0.3 is 0 Å². The van der Waals surface area contributed by atoms with E-state index in [1.165, 1.54) is 0 Å². The van der Waals surface area contributed by atoms with Gasteiger partial charge < -0.3 is 14.8 Å². The molecule has 118 valence electrons. The number of rotatable bonds is 3. The van der Waals surface area contributed by atoms with Crippen molar-refractivity contribution >= 4 is 12.0 Å². The van der Waals surface area contributed by atoms with Crippen LogP contribution in [0.25, 0.3) is 6.08 Å². The molecule has 1 amide bonds. The molecule has 0 aromatic carbocycles. The monoisotopic (exact) mass is 302 g/mol. The summed E-state index contributed by atoms with van der Waals surface area (Å²) < 4.78 is 0. The number of fused-ring (bicyclic) bond motifs is 1. The number of hydrogen-bond donors (Lipinski definition) is 1. The van der Waals surface area contributed by atoms with Crippen molar-refractivity contribution in [3.8, 4) is 0 Å². The minimum Gasteiger partial charge on any atom is -0.340 e. The molecule has 22 heavy (non-hydrogen) atoms. The van der Waals surface area contributed by atoms with Crippen molar-refractivity contribution < 1.29 is 4.79 Å². The summed E-state index contributed by atoms with van der Waals surface area (Å²) in [4.78, 5) is 35.7. The SMILES string of the molecule is CN1CCN(C(=O)CCc2nc3c(c(=O)[nH]2)CCC=C3)CC1. The number of piperazine rings is 1. The Morgan fingerprint density at radius 2 is 2.09 bits per heavy atom. The number of carbonyl (C=O) groups is 1. The summed E-state index contributed by atoms with van der Waals surface area (Å²) in [6.45, 7) is 3.41. The molecule has 6 heteroatoms. The van der Waals surface area contributed by atoms with Gasteiger partial charge in [-0.2, -0.15) is 0 Å². The lowest BCUT2D eigenvalue weighted by Crippen LogP contribution is -2.47. The molecular formula is C16H22N4O2. The van der Waals surface area contributed by atoms with Crippen LogP contribution in [0.3, 0.4) is 0 Å². The molecule has 0 radical (unpaired) electrons. The van der Waals surface area contributed by atoms with E-state index in [2.05, 4.69) is 21.9 Å². The first kappa shape index (κ1) is 15.0. The molecule has 2 aliphatic rings. The van der Waals surface area contributed by atoms with Gasteiger partial charge in [-0.15, -0.1) is 0 Å². The Hall–Kier alpha value is -1.95. The van der Waals surface area contributed by atoms with Gasteiger partial charge in [0.25, 0.3) is 5.56 Å². The Morgan fingerprint density at radius 1 is 1.32 bits per heavy atom. The van der Waals surface area contributed by atoms with Crippen molar-refractivity contribution in [1.82, 2.24) is 19.8 Å². The van der Waals surface area contributed by atoms with Crippen LogP contribution >= 0.6 is 0 Å². The van der Waals surface area contributed by atoms with E-state index in [0.717, 1.165) is 50.3 Å². The number of aromatic amines is 1. The third kappa shape index (κ3) is 3.27. The molecule has 0 saturated carbocycles. The number of aryl methyl sites for hydroxylation is 1. The second-order valence-corrected chi connectivity index (χ2v) is 6.00. The summed E-state index contributed by atoms with van der Waals surface area (Å²) in [7, 11) is 2.07. The first-order chi connectivity index (χ1) is 10.6. The Kier molecular flexibility index (Phi) is 4.38. The highest BCUT2D eigenvalue weighted by atomic mass is 16.2. The molecule has 1 aromatic heterocycles. The number of nitrogens with one attached hydrogen (secondary N) is 1. The second-order valence-electron chi connectivity index (χ2n) is 6.00. The normalized spacial score (nSPS) is 18.3. The standard InChI is InChI=1S/C16H22N4O2/c1-19-8-10-20(11-9-19)15(21)7-6-14-17-13-5-3-2-4-12(13)16(22)18-14/h3,5H,2,4,6-11H2,1H3,(H,17,18,22). The summed E-state index contributed by atoms with van der Waals surface area (Å²) in [6, 6.07) is 0. The van der Waals surface area contributed by atoms with Gasteiger partial charge in [-0.25, -0.2) is 4.98 Å². The smallest absolute Gasteiger partial charge is 0.254 e. The molecule has 0 unspecified atom stereocenters. The van der Waals surface area contributed by atoms with Crippen molar-refractivity contribution in [2.45, 2.75) is 25.7 Å². The third-order valence-electron chi connectivity index (χ3n) is 4.36. The second kappa shape index (κ2) is 6.44. The van der Waals surface area contributed by atoms with Crippen LogP contribution in [0.4, 0.5) is 0 Å². The largest absolute Gasteiger partial charge is 0.340 e. The molecule has 0 bridgehead atoms. The molecule has 1 saturated heterocycles. The zero-order valence-electron chi connectivity index (χ0n) is 13.0. The highest BCUT2D eigenvalue weighted by molar-refractivity contribution is 5.76. The fourth-order valence-corrected chi connectivity index (χ4v) is 2.92. The van der Waals surface area contributed by atoms with Gasteiger partial charge in [0.1, 0.15) is 5.82 Å². The summed E-state index contributed by atoms with van der Waals surface area (Å²) in [5, 5.41) is 0.